The molecule has 4 N–H and O–H groups in total. The van der Waals surface area contributed by atoms with E-state index >= 15 is 0 Å². The van der Waals surface area contributed by atoms with Gasteiger partial charge in [0.05, 0.1) is 17.7 Å². The minimum Gasteiger partial charge on any atom is -0.481 e. The smallest absolute Gasteiger partial charge is 0.323 e. The number of para-hydroxylation sites is 2. The van der Waals surface area contributed by atoms with Crippen LogP contribution in [0.25, 0.3) is 10.8 Å². The van der Waals surface area contributed by atoms with Gasteiger partial charge in [0, 0.05) is 11.4 Å². The van der Waals surface area contributed by atoms with Crippen molar-refractivity contribution in [1.82, 2.24) is 0 Å². The number of aryl methyl sites for hydroxylation is 2. The van der Waals surface area contributed by atoms with Crippen LogP contribution in [0.2, 0.25) is 0 Å². The first-order valence-corrected chi connectivity index (χ1v) is 12.2. The molecule has 0 aromatic heterocycles. The third kappa shape index (κ3) is 5.95. The fourth-order valence-corrected chi connectivity index (χ4v) is 4.35. The highest BCUT2D eigenvalue weighted by Gasteiger charge is 2.18. The van der Waals surface area contributed by atoms with Crippen LogP contribution in [0.15, 0.2) is 78.9 Å². The third-order valence-corrected chi connectivity index (χ3v) is 6.22. The highest BCUT2D eigenvalue weighted by atomic mass is 16.4. The topological polar surface area (TPSA) is 108 Å². The van der Waals surface area contributed by atoms with Crippen LogP contribution in [0.1, 0.15) is 40.9 Å². The molecule has 3 amide bonds. The van der Waals surface area contributed by atoms with E-state index in [1.807, 2.05) is 56.3 Å². The number of anilines is 3. The molecular weight excluding hydrogens is 466 g/mol. The first kappa shape index (κ1) is 25.4. The summed E-state index contributed by atoms with van der Waals surface area (Å²) in [4.78, 5) is 37.8. The normalized spacial score (nSPS) is 10.6. The molecule has 4 aromatic rings. The second-order valence-electron chi connectivity index (χ2n) is 8.66. The molecule has 188 valence electrons. The molecule has 37 heavy (non-hydrogen) atoms. The number of carbonyl (C=O) groups excluding carboxylic acids is 2. The Morgan fingerprint density at radius 1 is 0.676 bits per heavy atom. The summed E-state index contributed by atoms with van der Waals surface area (Å²) in [5.41, 5.74) is 4.33. The minimum absolute atomic E-state index is 0.224. The standard InChI is InChI=1S/C30H29N3O4/c1-3-19-13-9-14-20(4-2)28(19)33-30(37)32-26-17-22-11-6-5-10-21(22)16-24(26)29(36)31-25-15-8-7-12-23(25)18-27(34)35/h5-17H,3-4,18H2,1-2H3,(H,31,36)(H,34,35)(H2,32,33,37). The Labute approximate surface area is 215 Å². The lowest BCUT2D eigenvalue weighted by Crippen LogP contribution is -2.24. The van der Waals surface area contributed by atoms with E-state index in [-0.39, 0.29) is 12.0 Å². The number of hydrogen-bond donors (Lipinski definition) is 4. The Kier molecular flexibility index (Phi) is 7.83. The molecular formula is C30H29N3O4. The first-order valence-electron chi connectivity index (χ1n) is 12.2. The van der Waals surface area contributed by atoms with Gasteiger partial charge in [-0.05, 0) is 58.5 Å². The van der Waals surface area contributed by atoms with Crippen molar-refractivity contribution >= 4 is 45.7 Å². The molecule has 4 aromatic carbocycles. The van der Waals surface area contributed by atoms with Crippen LogP contribution in [-0.2, 0) is 24.1 Å². The van der Waals surface area contributed by atoms with Gasteiger partial charge in [0.1, 0.15) is 0 Å². The highest BCUT2D eigenvalue weighted by molar-refractivity contribution is 6.14. The zero-order valence-electron chi connectivity index (χ0n) is 20.8. The Morgan fingerprint density at radius 2 is 1.27 bits per heavy atom. The fourth-order valence-electron chi connectivity index (χ4n) is 4.35. The van der Waals surface area contributed by atoms with Crippen LogP contribution < -0.4 is 16.0 Å². The molecule has 0 aliphatic heterocycles. The van der Waals surface area contributed by atoms with Crippen molar-refractivity contribution in [3.63, 3.8) is 0 Å². The highest BCUT2D eigenvalue weighted by Crippen LogP contribution is 2.27. The van der Waals surface area contributed by atoms with E-state index in [2.05, 4.69) is 16.0 Å². The summed E-state index contributed by atoms with van der Waals surface area (Å²) in [6.45, 7) is 4.07. The number of fused-ring (bicyclic) bond motifs is 1. The van der Waals surface area contributed by atoms with Gasteiger partial charge >= 0.3 is 12.0 Å². The van der Waals surface area contributed by atoms with Gasteiger partial charge in [-0.1, -0.05) is 74.5 Å². The summed E-state index contributed by atoms with van der Waals surface area (Å²) in [5, 5.41) is 19.6. The minimum atomic E-state index is -0.995. The Morgan fingerprint density at radius 3 is 1.92 bits per heavy atom. The van der Waals surface area contributed by atoms with Crippen molar-refractivity contribution in [3.05, 3.63) is 101 Å². The molecule has 0 radical (unpaired) electrons. The number of amides is 3. The predicted molar refractivity (Wildman–Crippen MR) is 148 cm³/mol. The number of nitrogens with one attached hydrogen (secondary N) is 3. The van der Waals surface area contributed by atoms with E-state index in [9.17, 15) is 19.5 Å². The summed E-state index contributed by atoms with van der Waals surface area (Å²) in [6.07, 6.45) is 1.31. The molecule has 0 aliphatic carbocycles. The van der Waals surface area contributed by atoms with Crippen molar-refractivity contribution in [1.29, 1.82) is 0 Å². The number of carbonyl (C=O) groups is 3. The number of carboxylic acid groups (broad SMARTS) is 1. The fraction of sp³-hybridized carbons (Fsp3) is 0.167. The first-order chi connectivity index (χ1) is 17.9. The van der Waals surface area contributed by atoms with E-state index in [1.165, 1.54) is 0 Å². The number of benzene rings is 4. The lowest BCUT2D eigenvalue weighted by atomic mass is 10.0. The monoisotopic (exact) mass is 495 g/mol. The van der Waals surface area contributed by atoms with E-state index in [1.54, 1.807) is 36.4 Å². The van der Waals surface area contributed by atoms with Crippen LogP contribution in [0.4, 0.5) is 21.9 Å². The molecule has 0 saturated carbocycles. The SMILES string of the molecule is CCc1cccc(CC)c1NC(=O)Nc1cc2ccccc2cc1C(=O)Nc1ccccc1CC(=O)O. The average molecular weight is 496 g/mol. The molecule has 4 rings (SSSR count). The largest absolute Gasteiger partial charge is 0.481 e. The maximum atomic E-state index is 13.4. The number of rotatable bonds is 8. The summed E-state index contributed by atoms with van der Waals surface area (Å²) >= 11 is 0. The number of aliphatic carboxylic acids is 1. The quantitative estimate of drug-likeness (QED) is 0.224. The van der Waals surface area contributed by atoms with Crippen molar-refractivity contribution < 1.29 is 19.5 Å². The third-order valence-electron chi connectivity index (χ3n) is 6.22. The van der Waals surface area contributed by atoms with E-state index < -0.39 is 17.9 Å². The predicted octanol–water partition coefficient (Wildman–Crippen LogP) is 6.49. The van der Waals surface area contributed by atoms with Crippen molar-refractivity contribution in [3.8, 4) is 0 Å². The molecule has 0 atom stereocenters. The molecule has 0 saturated heterocycles. The van der Waals surface area contributed by atoms with Crippen LogP contribution in [0, 0.1) is 0 Å². The van der Waals surface area contributed by atoms with Gasteiger partial charge < -0.3 is 21.1 Å². The van der Waals surface area contributed by atoms with Gasteiger partial charge in [0.2, 0.25) is 0 Å². The second kappa shape index (κ2) is 11.4. The maximum Gasteiger partial charge on any atom is 0.323 e. The maximum absolute atomic E-state index is 13.4. The number of carboxylic acids is 1. The zero-order chi connectivity index (χ0) is 26.4. The summed E-state index contributed by atoms with van der Waals surface area (Å²) < 4.78 is 0. The molecule has 7 heteroatoms. The molecule has 0 spiro atoms. The summed E-state index contributed by atoms with van der Waals surface area (Å²) in [5.74, 6) is -1.45. The van der Waals surface area contributed by atoms with Crippen molar-refractivity contribution in [2.24, 2.45) is 0 Å². The number of hydrogen-bond acceptors (Lipinski definition) is 3. The number of urea groups is 1. The van der Waals surface area contributed by atoms with E-state index in [4.69, 9.17) is 0 Å². The molecule has 0 bridgehead atoms. The summed E-state index contributed by atoms with van der Waals surface area (Å²) in [6, 6.07) is 23.3. The van der Waals surface area contributed by atoms with Crippen LogP contribution in [0.5, 0.6) is 0 Å². The van der Waals surface area contributed by atoms with Crippen molar-refractivity contribution in [2.75, 3.05) is 16.0 Å². The molecule has 7 nitrogen and oxygen atoms in total. The molecule has 0 heterocycles. The van der Waals surface area contributed by atoms with Crippen LogP contribution in [-0.4, -0.2) is 23.0 Å². The zero-order valence-corrected chi connectivity index (χ0v) is 20.8. The lowest BCUT2D eigenvalue weighted by molar-refractivity contribution is -0.136. The Balaban J connectivity index is 1.67. The second-order valence-corrected chi connectivity index (χ2v) is 8.66. The Bertz CT molecular complexity index is 1460. The Hall–Kier alpha value is -4.65. The van der Waals surface area contributed by atoms with Gasteiger partial charge in [0.25, 0.3) is 5.91 Å². The van der Waals surface area contributed by atoms with E-state index in [0.29, 0.717) is 16.9 Å². The van der Waals surface area contributed by atoms with Gasteiger partial charge in [-0.3, -0.25) is 9.59 Å². The van der Waals surface area contributed by atoms with E-state index in [0.717, 1.165) is 40.4 Å². The van der Waals surface area contributed by atoms with Gasteiger partial charge in [-0.2, -0.15) is 0 Å². The average Bonchev–Trinajstić information content (AvgIpc) is 2.89. The van der Waals surface area contributed by atoms with Crippen LogP contribution >= 0.6 is 0 Å². The summed E-state index contributed by atoms with van der Waals surface area (Å²) in [7, 11) is 0. The van der Waals surface area contributed by atoms with Crippen molar-refractivity contribution in [2.45, 2.75) is 33.1 Å². The van der Waals surface area contributed by atoms with Crippen LogP contribution in [0.3, 0.4) is 0 Å². The van der Waals surface area contributed by atoms with Gasteiger partial charge in [-0.15, -0.1) is 0 Å². The van der Waals surface area contributed by atoms with Gasteiger partial charge in [0.15, 0.2) is 0 Å². The molecule has 0 unspecified atom stereocenters. The lowest BCUT2D eigenvalue weighted by Gasteiger charge is -2.17. The van der Waals surface area contributed by atoms with Gasteiger partial charge in [-0.25, -0.2) is 4.79 Å². The molecule has 0 fully saturated rings. The molecule has 0 aliphatic rings.